The Labute approximate surface area is 83.4 Å². The molecular weight excluding hydrogens is 164 g/mol. The molecule has 0 saturated heterocycles. The largest absolute Gasteiger partial charge is 0.400 e. The molecule has 0 aliphatic rings. The van der Waals surface area contributed by atoms with Crippen molar-refractivity contribution in [1.29, 1.82) is 0 Å². The molecule has 0 radical (unpaired) electrons. The summed E-state index contributed by atoms with van der Waals surface area (Å²) in [6.45, 7) is 11.2. The Morgan fingerprint density at radius 2 is 1.54 bits per heavy atom. The Kier molecular flexibility index (Phi) is 25.0. The van der Waals surface area contributed by atoms with Gasteiger partial charge in [-0.25, -0.2) is 0 Å². The van der Waals surface area contributed by atoms with E-state index in [-0.39, 0.29) is 0 Å². The highest BCUT2D eigenvalue weighted by molar-refractivity contribution is 5.10. The van der Waals surface area contributed by atoms with Gasteiger partial charge < -0.3 is 9.90 Å². The maximum atomic E-state index is 8.00. The van der Waals surface area contributed by atoms with Crippen molar-refractivity contribution in [3.63, 3.8) is 0 Å². The highest BCUT2D eigenvalue weighted by Gasteiger charge is 2.04. The SMILES string of the molecule is C=O.CCCCC(C)C(C)C.CO. The van der Waals surface area contributed by atoms with Crippen LogP contribution in [0.15, 0.2) is 0 Å². The van der Waals surface area contributed by atoms with E-state index in [1.807, 2.05) is 6.79 Å². The number of hydrogen-bond acceptors (Lipinski definition) is 2. The molecule has 0 amide bonds. The first-order chi connectivity index (χ1) is 6.18. The summed E-state index contributed by atoms with van der Waals surface area (Å²) in [5, 5.41) is 7.00. The molecule has 2 nitrogen and oxygen atoms in total. The minimum Gasteiger partial charge on any atom is -0.400 e. The van der Waals surface area contributed by atoms with Gasteiger partial charge in [0.1, 0.15) is 6.79 Å². The van der Waals surface area contributed by atoms with Crippen LogP contribution in [0.1, 0.15) is 47.0 Å². The lowest BCUT2D eigenvalue weighted by Crippen LogP contribution is -2.02. The molecule has 0 saturated carbocycles. The van der Waals surface area contributed by atoms with Gasteiger partial charge in [-0.1, -0.05) is 47.0 Å². The molecule has 0 aromatic carbocycles. The third-order valence-corrected chi connectivity index (χ3v) is 2.15. The lowest BCUT2D eigenvalue weighted by Gasteiger charge is -2.13. The minimum atomic E-state index is 0.872. The van der Waals surface area contributed by atoms with E-state index >= 15 is 0 Å². The van der Waals surface area contributed by atoms with Gasteiger partial charge in [0.25, 0.3) is 0 Å². The normalized spacial score (nSPS) is 10.7. The van der Waals surface area contributed by atoms with Crippen LogP contribution in [0, 0.1) is 11.8 Å². The Morgan fingerprint density at radius 1 is 1.15 bits per heavy atom. The molecule has 0 aliphatic heterocycles. The molecule has 0 aromatic heterocycles. The van der Waals surface area contributed by atoms with E-state index in [4.69, 9.17) is 9.90 Å². The molecule has 0 fully saturated rings. The highest BCUT2D eigenvalue weighted by Crippen LogP contribution is 2.16. The second-order valence-corrected chi connectivity index (χ2v) is 3.36. The van der Waals surface area contributed by atoms with Gasteiger partial charge in [0, 0.05) is 7.11 Å². The van der Waals surface area contributed by atoms with Crippen molar-refractivity contribution in [3.05, 3.63) is 0 Å². The van der Waals surface area contributed by atoms with Gasteiger partial charge in [-0.05, 0) is 11.8 Å². The van der Waals surface area contributed by atoms with Crippen molar-refractivity contribution in [1.82, 2.24) is 0 Å². The third-order valence-electron chi connectivity index (χ3n) is 2.15. The summed E-state index contributed by atoms with van der Waals surface area (Å²) < 4.78 is 0. The minimum absolute atomic E-state index is 0.872. The Morgan fingerprint density at radius 3 is 1.77 bits per heavy atom. The number of carbonyl (C=O) groups excluding carboxylic acids is 1. The van der Waals surface area contributed by atoms with E-state index < -0.39 is 0 Å². The summed E-state index contributed by atoms with van der Waals surface area (Å²) >= 11 is 0. The molecule has 0 spiro atoms. The topological polar surface area (TPSA) is 37.3 Å². The van der Waals surface area contributed by atoms with Crippen molar-refractivity contribution in [2.75, 3.05) is 7.11 Å². The summed E-state index contributed by atoms with van der Waals surface area (Å²) in [6, 6.07) is 0. The zero-order valence-corrected chi connectivity index (χ0v) is 9.84. The van der Waals surface area contributed by atoms with Crippen LogP contribution in [0.25, 0.3) is 0 Å². The van der Waals surface area contributed by atoms with Crippen molar-refractivity contribution >= 4 is 6.79 Å². The molecular formula is C11H26O2. The van der Waals surface area contributed by atoms with Crippen LogP contribution in [-0.2, 0) is 4.79 Å². The molecule has 1 N–H and O–H groups in total. The number of aliphatic hydroxyl groups excluding tert-OH is 1. The van der Waals surface area contributed by atoms with E-state index in [0.29, 0.717) is 0 Å². The molecule has 2 heteroatoms. The predicted molar refractivity (Wildman–Crippen MR) is 58.8 cm³/mol. The van der Waals surface area contributed by atoms with Crippen LogP contribution in [0.3, 0.4) is 0 Å². The molecule has 1 atom stereocenters. The molecule has 1 unspecified atom stereocenters. The Hall–Kier alpha value is -0.370. The van der Waals surface area contributed by atoms with Crippen LogP contribution in [0.5, 0.6) is 0 Å². The molecule has 0 bridgehead atoms. The van der Waals surface area contributed by atoms with Gasteiger partial charge in [0.05, 0.1) is 0 Å². The van der Waals surface area contributed by atoms with Gasteiger partial charge in [0.2, 0.25) is 0 Å². The highest BCUT2D eigenvalue weighted by atomic mass is 16.2. The average molecular weight is 190 g/mol. The lowest BCUT2D eigenvalue weighted by molar-refractivity contribution is -0.0979. The maximum Gasteiger partial charge on any atom is 0.106 e. The summed E-state index contributed by atoms with van der Waals surface area (Å²) in [6.07, 6.45) is 4.16. The molecule has 0 rings (SSSR count). The van der Waals surface area contributed by atoms with E-state index in [1.54, 1.807) is 0 Å². The summed E-state index contributed by atoms with van der Waals surface area (Å²) in [4.78, 5) is 8.00. The lowest BCUT2D eigenvalue weighted by atomic mass is 9.93. The van der Waals surface area contributed by atoms with E-state index in [0.717, 1.165) is 18.9 Å². The van der Waals surface area contributed by atoms with Crippen LogP contribution >= 0.6 is 0 Å². The van der Waals surface area contributed by atoms with Crippen LogP contribution < -0.4 is 0 Å². The number of carbonyl (C=O) groups is 1. The molecule has 13 heavy (non-hydrogen) atoms. The van der Waals surface area contributed by atoms with Crippen molar-refractivity contribution < 1.29 is 9.90 Å². The zero-order chi connectivity index (χ0) is 11.3. The van der Waals surface area contributed by atoms with Gasteiger partial charge in [0.15, 0.2) is 0 Å². The second kappa shape index (κ2) is 17.6. The molecule has 0 aliphatic carbocycles. The van der Waals surface area contributed by atoms with E-state index in [2.05, 4.69) is 27.7 Å². The second-order valence-electron chi connectivity index (χ2n) is 3.36. The van der Waals surface area contributed by atoms with Crippen molar-refractivity contribution in [2.24, 2.45) is 11.8 Å². The standard InChI is InChI=1S/C9H20.CH4O.CH2O/c1-5-6-7-9(4)8(2)3;2*1-2/h8-9H,5-7H2,1-4H3;2H,1H3;1H2. The fraction of sp³-hybridized carbons (Fsp3) is 0.909. The monoisotopic (exact) mass is 190 g/mol. The average Bonchev–Trinajstić information content (AvgIpc) is 2.20. The van der Waals surface area contributed by atoms with Gasteiger partial charge in [-0.15, -0.1) is 0 Å². The van der Waals surface area contributed by atoms with Crippen molar-refractivity contribution in [2.45, 2.75) is 47.0 Å². The van der Waals surface area contributed by atoms with Crippen LogP contribution in [-0.4, -0.2) is 19.0 Å². The predicted octanol–water partition coefficient (Wildman–Crippen LogP) is 2.89. The third kappa shape index (κ3) is 18.5. The molecule has 82 valence electrons. The van der Waals surface area contributed by atoms with E-state index in [9.17, 15) is 0 Å². The first kappa shape index (κ1) is 18.4. The van der Waals surface area contributed by atoms with Gasteiger partial charge >= 0.3 is 0 Å². The fourth-order valence-corrected chi connectivity index (χ4v) is 0.859. The number of unbranched alkanes of at least 4 members (excludes halogenated alkanes) is 1. The van der Waals surface area contributed by atoms with Crippen LogP contribution in [0.4, 0.5) is 0 Å². The fourth-order valence-electron chi connectivity index (χ4n) is 0.859. The number of aliphatic hydroxyl groups is 1. The maximum absolute atomic E-state index is 8.00. The summed E-state index contributed by atoms with van der Waals surface area (Å²) in [7, 11) is 1.00. The Balaban J connectivity index is -0.000000218. The van der Waals surface area contributed by atoms with Gasteiger partial charge in [-0.2, -0.15) is 0 Å². The van der Waals surface area contributed by atoms with Gasteiger partial charge in [-0.3, -0.25) is 0 Å². The van der Waals surface area contributed by atoms with Crippen molar-refractivity contribution in [3.8, 4) is 0 Å². The smallest absolute Gasteiger partial charge is 0.106 e. The first-order valence-corrected chi connectivity index (χ1v) is 4.92. The summed E-state index contributed by atoms with van der Waals surface area (Å²) in [5.41, 5.74) is 0. The van der Waals surface area contributed by atoms with Crippen LogP contribution in [0.2, 0.25) is 0 Å². The Bertz CT molecular complexity index is 72.5. The van der Waals surface area contributed by atoms with E-state index in [1.165, 1.54) is 19.3 Å². The number of hydrogen-bond donors (Lipinski definition) is 1. The zero-order valence-electron chi connectivity index (χ0n) is 9.84. The number of rotatable bonds is 4. The first-order valence-electron chi connectivity index (χ1n) is 4.92. The quantitative estimate of drug-likeness (QED) is 0.740. The molecule has 0 aromatic rings. The summed E-state index contributed by atoms with van der Waals surface area (Å²) in [5.74, 6) is 1.79. The molecule has 0 heterocycles.